The van der Waals surface area contributed by atoms with Gasteiger partial charge in [-0.1, -0.05) is 12.1 Å². The van der Waals surface area contributed by atoms with Crippen LogP contribution in [0.15, 0.2) is 52.4 Å². The maximum Gasteiger partial charge on any atom is 0.294 e. The van der Waals surface area contributed by atoms with Crippen LogP contribution in [0, 0.1) is 18.6 Å². The fraction of sp³-hybridized carbons (Fsp3) is 0.0556. The lowest BCUT2D eigenvalue weighted by Crippen LogP contribution is -2.18. The number of hydrogen-bond donors (Lipinski definition) is 1. The van der Waals surface area contributed by atoms with Crippen LogP contribution in [0.3, 0.4) is 0 Å². The van der Waals surface area contributed by atoms with Gasteiger partial charge in [0, 0.05) is 17.0 Å². The van der Waals surface area contributed by atoms with Gasteiger partial charge in [0.15, 0.2) is 5.65 Å². The van der Waals surface area contributed by atoms with Crippen LogP contribution in [0.2, 0.25) is 0 Å². The van der Waals surface area contributed by atoms with Crippen molar-refractivity contribution < 1.29 is 8.78 Å². The highest BCUT2D eigenvalue weighted by atomic mass is 19.1. The third-order valence-corrected chi connectivity index (χ3v) is 3.87. The number of rotatable bonds is 3. The van der Waals surface area contributed by atoms with Crippen molar-refractivity contribution in [1.82, 2.24) is 19.6 Å². The molecule has 0 spiro atoms. The Morgan fingerprint density at radius 2 is 1.96 bits per heavy atom. The average molecular weight is 366 g/mol. The van der Waals surface area contributed by atoms with Crippen LogP contribution in [0.25, 0.3) is 16.6 Å². The van der Waals surface area contributed by atoms with Crippen LogP contribution >= 0.6 is 0 Å². The molecule has 0 saturated heterocycles. The smallest absolute Gasteiger partial charge is 0.265 e. The Morgan fingerprint density at radius 3 is 2.78 bits per heavy atom. The quantitative estimate of drug-likeness (QED) is 0.342. The Morgan fingerprint density at radius 1 is 1.15 bits per heavy atom. The van der Waals surface area contributed by atoms with Gasteiger partial charge in [0.05, 0.1) is 11.7 Å². The lowest BCUT2D eigenvalue weighted by molar-refractivity contribution is 0.582. The highest BCUT2D eigenvalue weighted by Gasteiger charge is 2.11. The Balaban J connectivity index is 1.81. The second kappa shape index (κ2) is 6.52. The largest absolute Gasteiger partial charge is 0.294 e. The molecule has 4 aromatic rings. The van der Waals surface area contributed by atoms with Gasteiger partial charge in [-0.2, -0.15) is 19.7 Å². The van der Waals surface area contributed by atoms with Crippen molar-refractivity contribution in [3.63, 3.8) is 0 Å². The summed E-state index contributed by atoms with van der Waals surface area (Å²) >= 11 is 0. The zero-order valence-electron chi connectivity index (χ0n) is 14.0. The number of nitrogens with zero attached hydrogens (tertiary/aromatic N) is 5. The van der Waals surface area contributed by atoms with Crippen molar-refractivity contribution >= 4 is 28.7 Å². The Kier molecular flexibility index (Phi) is 4.03. The Labute approximate surface area is 151 Å². The molecular weight excluding hydrogens is 354 g/mol. The van der Waals surface area contributed by atoms with Crippen molar-refractivity contribution in [2.24, 2.45) is 5.10 Å². The number of aromatic nitrogens is 4. The molecule has 0 amide bonds. The van der Waals surface area contributed by atoms with Crippen LogP contribution in [-0.4, -0.2) is 25.8 Å². The number of para-hydroxylation sites is 1. The van der Waals surface area contributed by atoms with Crippen LogP contribution in [-0.2, 0) is 0 Å². The third-order valence-electron chi connectivity index (χ3n) is 3.87. The first-order chi connectivity index (χ1) is 13.0. The van der Waals surface area contributed by atoms with Gasteiger partial charge >= 0.3 is 0 Å². The molecule has 0 fully saturated rings. The molecule has 0 radical (unpaired) electrons. The number of hydrogen-bond acceptors (Lipinski definition) is 6. The van der Waals surface area contributed by atoms with Gasteiger partial charge in [-0.05, 0) is 31.2 Å². The molecule has 9 heteroatoms. The molecule has 0 aliphatic heterocycles. The summed E-state index contributed by atoms with van der Waals surface area (Å²) in [5.74, 6) is -1.22. The topological polar surface area (TPSA) is 84.5 Å². The van der Waals surface area contributed by atoms with Crippen LogP contribution in [0.1, 0.15) is 11.3 Å². The molecule has 0 aliphatic carbocycles. The molecule has 2 aromatic heterocycles. The summed E-state index contributed by atoms with van der Waals surface area (Å²) in [5.41, 5.74) is 3.44. The standard InChI is InChI=1S/C18H12F2N6O/c1-10-17(27)23-16-13-4-2-3-5-15(13)22-18(26(16)25-10)24-21-9-11-6-7-12(19)8-14(11)20/h2-9H,1H3,(H,22,24)/b21-9+. The summed E-state index contributed by atoms with van der Waals surface area (Å²) in [4.78, 5) is 20.4. The maximum atomic E-state index is 13.7. The van der Waals surface area contributed by atoms with Crippen molar-refractivity contribution in [1.29, 1.82) is 0 Å². The average Bonchev–Trinajstić information content (AvgIpc) is 2.65. The van der Waals surface area contributed by atoms with E-state index in [1.807, 2.05) is 0 Å². The molecule has 27 heavy (non-hydrogen) atoms. The van der Waals surface area contributed by atoms with Gasteiger partial charge in [-0.3, -0.25) is 4.79 Å². The van der Waals surface area contributed by atoms with E-state index < -0.39 is 17.2 Å². The highest BCUT2D eigenvalue weighted by molar-refractivity contribution is 5.92. The summed E-state index contributed by atoms with van der Waals surface area (Å²) in [6, 6.07) is 10.3. The molecule has 0 unspecified atom stereocenters. The zero-order chi connectivity index (χ0) is 19.0. The van der Waals surface area contributed by atoms with Gasteiger partial charge in [0.1, 0.15) is 17.3 Å². The van der Waals surface area contributed by atoms with Gasteiger partial charge in [0.25, 0.3) is 5.56 Å². The normalized spacial score (nSPS) is 11.5. The Hall–Kier alpha value is -3.75. The van der Waals surface area contributed by atoms with E-state index in [9.17, 15) is 13.6 Å². The predicted molar refractivity (Wildman–Crippen MR) is 96.9 cm³/mol. The maximum absolute atomic E-state index is 13.7. The lowest BCUT2D eigenvalue weighted by atomic mass is 10.2. The first-order valence-corrected chi connectivity index (χ1v) is 7.93. The van der Waals surface area contributed by atoms with Crippen molar-refractivity contribution in [3.05, 3.63) is 75.7 Å². The molecule has 7 nitrogen and oxygen atoms in total. The fourth-order valence-electron chi connectivity index (χ4n) is 2.55. The van der Waals surface area contributed by atoms with Crippen molar-refractivity contribution in [2.45, 2.75) is 6.92 Å². The van der Waals surface area contributed by atoms with E-state index >= 15 is 0 Å². The number of benzene rings is 2. The molecule has 2 aromatic carbocycles. The van der Waals surface area contributed by atoms with E-state index in [0.717, 1.165) is 12.1 Å². The number of fused-ring (bicyclic) bond motifs is 3. The molecule has 0 aliphatic rings. The van der Waals surface area contributed by atoms with Gasteiger partial charge in [-0.15, -0.1) is 0 Å². The molecule has 0 bridgehead atoms. The minimum absolute atomic E-state index is 0.100. The van der Waals surface area contributed by atoms with E-state index in [-0.39, 0.29) is 17.2 Å². The molecule has 4 rings (SSSR count). The van der Waals surface area contributed by atoms with Crippen LogP contribution in [0.4, 0.5) is 14.7 Å². The van der Waals surface area contributed by atoms with E-state index in [1.54, 1.807) is 24.3 Å². The second-order valence-electron chi connectivity index (χ2n) is 5.73. The summed E-state index contributed by atoms with van der Waals surface area (Å²) in [6.45, 7) is 1.54. The van der Waals surface area contributed by atoms with Gasteiger partial charge < -0.3 is 0 Å². The van der Waals surface area contributed by atoms with Gasteiger partial charge in [-0.25, -0.2) is 19.2 Å². The van der Waals surface area contributed by atoms with E-state index in [1.165, 1.54) is 23.7 Å². The summed E-state index contributed by atoms with van der Waals surface area (Å²) in [6.07, 6.45) is 1.19. The van der Waals surface area contributed by atoms with E-state index in [0.29, 0.717) is 16.6 Å². The first-order valence-electron chi connectivity index (χ1n) is 7.93. The third kappa shape index (κ3) is 3.10. The Bertz CT molecular complexity index is 1270. The number of hydrazone groups is 1. The number of aryl methyl sites for hydroxylation is 1. The van der Waals surface area contributed by atoms with E-state index in [2.05, 4.69) is 25.6 Å². The van der Waals surface area contributed by atoms with Crippen molar-refractivity contribution in [2.75, 3.05) is 5.43 Å². The minimum atomic E-state index is -0.740. The zero-order valence-corrected chi connectivity index (χ0v) is 14.0. The number of nitrogens with one attached hydrogen (secondary N) is 1. The minimum Gasteiger partial charge on any atom is -0.265 e. The van der Waals surface area contributed by atoms with Crippen LogP contribution in [0.5, 0.6) is 0 Å². The van der Waals surface area contributed by atoms with Gasteiger partial charge in [0.2, 0.25) is 5.95 Å². The SMILES string of the molecule is Cc1nn2c(N/N=C/c3ccc(F)cc3F)nc3ccccc3c2nc1=O. The molecule has 1 N–H and O–H groups in total. The van der Waals surface area contributed by atoms with Crippen molar-refractivity contribution in [3.8, 4) is 0 Å². The fourth-order valence-corrected chi connectivity index (χ4v) is 2.55. The first kappa shape index (κ1) is 16.7. The van der Waals surface area contributed by atoms with E-state index in [4.69, 9.17) is 0 Å². The molecular formula is C18H12F2N6O. The predicted octanol–water partition coefficient (Wildman–Crippen LogP) is 2.67. The molecule has 0 atom stereocenters. The van der Waals surface area contributed by atoms with Crippen LogP contribution < -0.4 is 11.0 Å². The number of halogens is 2. The lowest BCUT2D eigenvalue weighted by Gasteiger charge is -2.09. The summed E-state index contributed by atoms with van der Waals surface area (Å²) in [7, 11) is 0. The summed E-state index contributed by atoms with van der Waals surface area (Å²) in [5, 5.41) is 8.80. The monoisotopic (exact) mass is 366 g/mol. The molecule has 134 valence electrons. The summed E-state index contributed by atoms with van der Waals surface area (Å²) < 4.78 is 28.0. The highest BCUT2D eigenvalue weighted by Crippen LogP contribution is 2.19. The number of anilines is 1. The molecule has 2 heterocycles. The second-order valence-corrected chi connectivity index (χ2v) is 5.73. The molecule has 0 saturated carbocycles.